The molecule has 0 bridgehead atoms. The highest BCUT2D eigenvalue weighted by Crippen LogP contribution is 2.07. The van der Waals surface area contributed by atoms with Gasteiger partial charge in [-0.1, -0.05) is 35.5 Å². The number of amides is 1. The first-order valence-corrected chi connectivity index (χ1v) is 6.31. The lowest BCUT2D eigenvalue weighted by molar-refractivity contribution is -0.117. The molecule has 0 unspecified atom stereocenters. The second kappa shape index (κ2) is 6.91. The van der Waals surface area contributed by atoms with Gasteiger partial charge in [-0.3, -0.25) is 4.79 Å². The zero-order valence-electron chi connectivity index (χ0n) is 11.5. The first-order valence-electron chi connectivity index (χ1n) is 6.31. The van der Waals surface area contributed by atoms with Gasteiger partial charge in [0.25, 0.3) is 5.91 Å². The fraction of sp³-hybridized carbons (Fsp3) is 0.133. The lowest BCUT2D eigenvalue weighted by Crippen LogP contribution is -2.24. The summed E-state index contributed by atoms with van der Waals surface area (Å²) in [5, 5.41) is 18.1. The van der Waals surface area contributed by atoms with E-state index >= 15 is 0 Å². The molecule has 1 aromatic heterocycles. The molecule has 0 atom stereocenters. The molecular weight excluding hydrogens is 268 g/mol. The highest BCUT2D eigenvalue weighted by Gasteiger charge is 2.08. The zero-order valence-corrected chi connectivity index (χ0v) is 11.5. The number of benzene rings is 1. The molecule has 1 aromatic carbocycles. The van der Waals surface area contributed by atoms with Crippen LogP contribution in [0, 0.1) is 18.3 Å². The Kier molecular flexibility index (Phi) is 4.72. The van der Waals surface area contributed by atoms with Crippen LogP contribution in [0.25, 0.3) is 0 Å². The van der Waals surface area contributed by atoms with E-state index in [1.165, 1.54) is 6.20 Å². The lowest BCUT2D eigenvalue weighted by Gasteiger charge is -2.04. The third-order valence-corrected chi connectivity index (χ3v) is 2.65. The minimum absolute atomic E-state index is 0.0356. The molecule has 0 saturated carbocycles. The minimum Gasteiger partial charge on any atom is -0.360 e. The van der Waals surface area contributed by atoms with E-state index in [2.05, 4.69) is 15.8 Å². The molecule has 0 saturated heterocycles. The van der Waals surface area contributed by atoms with Crippen LogP contribution in [0.3, 0.4) is 0 Å². The van der Waals surface area contributed by atoms with Crippen molar-refractivity contribution in [1.29, 1.82) is 5.26 Å². The molecule has 106 valence electrons. The van der Waals surface area contributed by atoms with Crippen LogP contribution >= 0.6 is 0 Å². The Morgan fingerprint density at radius 2 is 2.19 bits per heavy atom. The Hall–Kier alpha value is -3.07. The number of nitrogens with one attached hydrogen (secondary N) is 2. The Labute approximate surface area is 122 Å². The van der Waals surface area contributed by atoms with Crippen molar-refractivity contribution in [3.8, 4) is 6.07 Å². The van der Waals surface area contributed by atoms with E-state index in [1.807, 2.05) is 36.4 Å². The van der Waals surface area contributed by atoms with Gasteiger partial charge < -0.3 is 15.2 Å². The number of rotatable bonds is 5. The average Bonchev–Trinajstić information content (AvgIpc) is 2.92. The molecule has 0 spiro atoms. The van der Waals surface area contributed by atoms with E-state index in [0.717, 1.165) is 5.56 Å². The average molecular weight is 282 g/mol. The van der Waals surface area contributed by atoms with Gasteiger partial charge in [-0.05, 0) is 12.5 Å². The normalized spacial score (nSPS) is 10.8. The Morgan fingerprint density at radius 1 is 1.43 bits per heavy atom. The summed E-state index contributed by atoms with van der Waals surface area (Å²) < 4.78 is 4.87. The smallest absolute Gasteiger partial charge is 0.263 e. The predicted octanol–water partition coefficient (Wildman–Crippen LogP) is 2.12. The Morgan fingerprint density at radius 3 is 2.81 bits per heavy atom. The summed E-state index contributed by atoms with van der Waals surface area (Å²) >= 11 is 0. The van der Waals surface area contributed by atoms with Gasteiger partial charge in [-0.15, -0.1) is 0 Å². The standard InChI is InChI=1S/C15H14N4O2/c1-11-7-14(19-21-11)17-10-13(8-16)15(20)18-9-12-5-3-2-4-6-12/h2-7,10H,9H2,1H3,(H,17,19)(H,18,20)/b13-10-. The summed E-state index contributed by atoms with van der Waals surface area (Å²) in [6.45, 7) is 2.11. The van der Waals surface area contributed by atoms with E-state index in [0.29, 0.717) is 18.1 Å². The molecule has 0 aliphatic rings. The van der Waals surface area contributed by atoms with Crippen LogP contribution in [-0.2, 0) is 11.3 Å². The number of hydrogen-bond acceptors (Lipinski definition) is 5. The first kappa shape index (κ1) is 14.3. The molecule has 0 radical (unpaired) electrons. The van der Waals surface area contributed by atoms with Crippen molar-refractivity contribution in [3.05, 3.63) is 59.5 Å². The van der Waals surface area contributed by atoms with Crippen LogP contribution in [0.15, 0.2) is 52.7 Å². The number of carbonyl (C=O) groups excluding carboxylic acids is 1. The summed E-state index contributed by atoms with van der Waals surface area (Å²) in [6, 6.07) is 13.0. The van der Waals surface area contributed by atoms with Gasteiger partial charge >= 0.3 is 0 Å². The summed E-state index contributed by atoms with van der Waals surface area (Å²) in [6.07, 6.45) is 1.30. The fourth-order valence-corrected chi connectivity index (χ4v) is 1.60. The van der Waals surface area contributed by atoms with Crippen LogP contribution in [0.4, 0.5) is 5.82 Å². The lowest BCUT2D eigenvalue weighted by atomic mass is 10.2. The van der Waals surface area contributed by atoms with Gasteiger partial charge in [0.1, 0.15) is 17.4 Å². The van der Waals surface area contributed by atoms with Gasteiger partial charge in [0.05, 0.1) is 0 Å². The molecule has 1 heterocycles. The van der Waals surface area contributed by atoms with Gasteiger partial charge in [0.15, 0.2) is 5.82 Å². The van der Waals surface area contributed by atoms with E-state index < -0.39 is 5.91 Å². The Bertz CT molecular complexity index is 683. The second-order valence-electron chi connectivity index (χ2n) is 4.31. The number of anilines is 1. The van der Waals surface area contributed by atoms with E-state index in [1.54, 1.807) is 13.0 Å². The topological polar surface area (TPSA) is 91.0 Å². The number of carbonyl (C=O) groups is 1. The number of aromatic nitrogens is 1. The number of nitriles is 1. The maximum Gasteiger partial charge on any atom is 0.263 e. The number of hydrogen-bond donors (Lipinski definition) is 2. The third-order valence-electron chi connectivity index (χ3n) is 2.65. The highest BCUT2D eigenvalue weighted by molar-refractivity contribution is 5.97. The van der Waals surface area contributed by atoms with E-state index in [4.69, 9.17) is 9.78 Å². The van der Waals surface area contributed by atoms with Crippen molar-refractivity contribution in [2.75, 3.05) is 5.32 Å². The summed E-state index contributed by atoms with van der Waals surface area (Å²) in [7, 11) is 0. The second-order valence-corrected chi connectivity index (χ2v) is 4.31. The molecule has 2 aromatic rings. The first-order chi connectivity index (χ1) is 10.2. The van der Waals surface area contributed by atoms with Crippen LogP contribution in [0.2, 0.25) is 0 Å². The molecule has 6 nitrogen and oxygen atoms in total. The molecule has 1 amide bonds. The van der Waals surface area contributed by atoms with Crippen molar-refractivity contribution < 1.29 is 9.32 Å². The van der Waals surface area contributed by atoms with Crippen molar-refractivity contribution in [3.63, 3.8) is 0 Å². The van der Waals surface area contributed by atoms with Gasteiger partial charge in [-0.2, -0.15) is 5.26 Å². The molecule has 2 rings (SSSR count). The van der Waals surface area contributed by atoms with Crippen LogP contribution < -0.4 is 10.6 Å². The molecule has 0 fully saturated rings. The minimum atomic E-state index is -0.450. The van der Waals surface area contributed by atoms with Crippen LogP contribution in [0.1, 0.15) is 11.3 Å². The van der Waals surface area contributed by atoms with Crippen molar-refractivity contribution in [2.45, 2.75) is 13.5 Å². The molecular formula is C15H14N4O2. The number of aryl methyl sites for hydroxylation is 1. The van der Waals surface area contributed by atoms with Crippen molar-refractivity contribution >= 4 is 11.7 Å². The van der Waals surface area contributed by atoms with E-state index in [9.17, 15) is 4.79 Å². The summed E-state index contributed by atoms with van der Waals surface area (Å²) in [5.74, 6) is 0.628. The Balaban J connectivity index is 1.94. The monoisotopic (exact) mass is 282 g/mol. The highest BCUT2D eigenvalue weighted by atomic mass is 16.5. The number of nitrogens with zero attached hydrogens (tertiary/aromatic N) is 2. The zero-order chi connectivity index (χ0) is 15.1. The van der Waals surface area contributed by atoms with Crippen molar-refractivity contribution in [2.24, 2.45) is 0 Å². The van der Waals surface area contributed by atoms with Gasteiger partial charge in [-0.25, -0.2) is 0 Å². The molecule has 2 N–H and O–H groups in total. The molecule has 0 aliphatic heterocycles. The van der Waals surface area contributed by atoms with Gasteiger partial charge in [0, 0.05) is 18.8 Å². The third kappa shape index (κ3) is 4.21. The quantitative estimate of drug-likeness (QED) is 0.647. The molecule has 6 heteroatoms. The molecule has 0 aliphatic carbocycles. The van der Waals surface area contributed by atoms with Crippen LogP contribution in [-0.4, -0.2) is 11.1 Å². The van der Waals surface area contributed by atoms with Crippen molar-refractivity contribution in [1.82, 2.24) is 10.5 Å². The fourth-order valence-electron chi connectivity index (χ4n) is 1.60. The predicted molar refractivity (Wildman–Crippen MR) is 76.8 cm³/mol. The maximum atomic E-state index is 11.9. The molecule has 21 heavy (non-hydrogen) atoms. The van der Waals surface area contributed by atoms with Gasteiger partial charge in [0.2, 0.25) is 0 Å². The van der Waals surface area contributed by atoms with E-state index in [-0.39, 0.29) is 5.57 Å². The summed E-state index contributed by atoms with van der Waals surface area (Å²) in [5.41, 5.74) is 0.926. The van der Waals surface area contributed by atoms with Crippen LogP contribution in [0.5, 0.6) is 0 Å². The summed E-state index contributed by atoms with van der Waals surface area (Å²) in [4.78, 5) is 11.9. The SMILES string of the molecule is Cc1cc(N/C=C(/C#N)C(=O)NCc2ccccc2)no1. The maximum absolute atomic E-state index is 11.9. The largest absolute Gasteiger partial charge is 0.360 e.